The van der Waals surface area contributed by atoms with Crippen LogP contribution in [0.1, 0.15) is 36.7 Å². The zero-order valence-electron chi connectivity index (χ0n) is 8.86. The topological polar surface area (TPSA) is 62.2 Å². The first-order valence-electron chi connectivity index (χ1n) is 5.18. The molecule has 0 saturated heterocycles. The van der Waals surface area contributed by atoms with Crippen LogP contribution in [0, 0.1) is 0 Å². The van der Waals surface area contributed by atoms with E-state index in [0.717, 1.165) is 13.0 Å². The maximum atomic E-state index is 10.6. The number of unbranched alkanes of at least 4 members (excludes halogenated alkanes) is 2. The molecule has 0 aliphatic rings. The van der Waals surface area contributed by atoms with Crippen molar-refractivity contribution in [3.8, 4) is 0 Å². The summed E-state index contributed by atoms with van der Waals surface area (Å²) >= 11 is 0. The normalized spacial score (nSPS) is 9.93. The summed E-state index contributed by atoms with van der Waals surface area (Å²) in [6.07, 6.45) is 3.42. The Kier molecular flexibility index (Phi) is 4.60. The van der Waals surface area contributed by atoms with E-state index in [4.69, 9.17) is 5.11 Å². The van der Waals surface area contributed by atoms with E-state index in [0.29, 0.717) is 5.82 Å². The maximum Gasteiger partial charge on any atom is 0.354 e. The van der Waals surface area contributed by atoms with Crippen LogP contribution >= 0.6 is 0 Å². The number of carbonyl (C=O) groups is 1. The lowest BCUT2D eigenvalue weighted by Gasteiger charge is -2.05. The van der Waals surface area contributed by atoms with E-state index < -0.39 is 5.97 Å². The summed E-state index contributed by atoms with van der Waals surface area (Å²) in [4.78, 5) is 14.6. The molecule has 0 spiro atoms. The molecule has 0 fully saturated rings. The number of nitrogens with one attached hydrogen (secondary N) is 1. The molecule has 4 nitrogen and oxygen atoms in total. The minimum Gasteiger partial charge on any atom is -0.477 e. The Morgan fingerprint density at radius 3 is 2.93 bits per heavy atom. The number of carboxylic acid groups (broad SMARTS) is 1. The third-order valence-electron chi connectivity index (χ3n) is 2.05. The van der Waals surface area contributed by atoms with Crippen molar-refractivity contribution in [3.63, 3.8) is 0 Å². The van der Waals surface area contributed by atoms with Crippen LogP contribution in [0.5, 0.6) is 0 Å². The Balaban J connectivity index is 2.47. The van der Waals surface area contributed by atoms with Gasteiger partial charge in [0.2, 0.25) is 0 Å². The molecule has 0 unspecified atom stereocenters. The molecule has 0 saturated carbocycles. The van der Waals surface area contributed by atoms with E-state index in [1.165, 1.54) is 18.9 Å². The van der Waals surface area contributed by atoms with Crippen LogP contribution in [0.15, 0.2) is 18.2 Å². The first-order chi connectivity index (χ1) is 7.24. The van der Waals surface area contributed by atoms with Gasteiger partial charge in [0.05, 0.1) is 0 Å². The maximum absolute atomic E-state index is 10.6. The molecule has 0 bridgehead atoms. The Bertz CT molecular complexity index is 326. The van der Waals surface area contributed by atoms with Gasteiger partial charge in [0.25, 0.3) is 0 Å². The van der Waals surface area contributed by atoms with Gasteiger partial charge in [-0.25, -0.2) is 9.78 Å². The fourth-order valence-electron chi connectivity index (χ4n) is 1.24. The second-order valence-electron chi connectivity index (χ2n) is 3.35. The highest BCUT2D eigenvalue weighted by Crippen LogP contribution is 2.05. The molecule has 15 heavy (non-hydrogen) atoms. The molecule has 0 atom stereocenters. The lowest BCUT2D eigenvalue weighted by Crippen LogP contribution is -2.06. The van der Waals surface area contributed by atoms with E-state index in [2.05, 4.69) is 17.2 Å². The van der Waals surface area contributed by atoms with Crippen LogP contribution in [-0.4, -0.2) is 22.6 Å². The number of anilines is 1. The predicted molar refractivity (Wildman–Crippen MR) is 59.2 cm³/mol. The monoisotopic (exact) mass is 208 g/mol. The highest BCUT2D eigenvalue weighted by Gasteiger charge is 2.03. The van der Waals surface area contributed by atoms with Gasteiger partial charge < -0.3 is 10.4 Å². The zero-order chi connectivity index (χ0) is 11.1. The molecular formula is C11H16N2O2. The van der Waals surface area contributed by atoms with Gasteiger partial charge in [-0.2, -0.15) is 0 Å². The molecular weight excluding hydrogens is 192 g/mol. The average molecular weight is 208 g/mol. The van der Waals surface area contributed by atoms with Gasteiger partial charge in [-0.3, -0.25) is 0 Å². The van der Waals surface area contributed by atoms with Crippen molar-refractivity contribution in [3.05, 3.63) is 23.9 Å². The molecule has 1 aromatic rings. The number of rotatable bonds is 6. The second-order valence-corrected chi connectivity index (χ2v) is 3.35. The summed E-state index contributed by atoms with van der Waals surface area (Å²) in [6.45, 7) is 2.98. The van der Waals surface area contributed by atoms with Crippen LogP contribution in [0.4, 0.5) is 5.82 Å². The third kappa shape index (κ3) is 3.97. The van der Waals surface area contributed by atoms with Crippen molar-refractivity contribution in [2.45, 2.75) is 26.2 Å². The van der Waals surface area contributed by atoms with E-state index in [9.17, 15) is 4.79 Å². The first kappa shape index (κ1) is 11.5. The van der Waals surface area contributed by atoms with Crippen LogP contribution in [0.2, 0.25) is 0 Å². The number of hydrogen-bond acceptors (Lipinski definition) is 3. The van der Waals surface area contributed by atoms with Gasteiger partial charge in [0, 0.05) is 6.54 Å². The smallest absolute Gasteiger partial charge is 0.354 e. The Hall–Kier alpha value is -1.58. The number of hydrogen-bond donors (Lipinski definition) is 2. The minimum atomic E-state index is -0.993. The fourth-order valence-corrected chi connectivity index (χ4v) is 1.24. The van der Waals surface area contributed by atoms with E-state index in [1.54, 1.807) is 12.1 Å². The largest absolute Gasteiger partial charge is 0.477 e. The van der Waals surface area contributed by atoms with Crippen molar-refractivity contribution < 1.29 is 9.90 Å². The quantitative estimate of drug-likeness (QED) is 0.704. The SMILES string of the molecule is CCCCCNc1cccc(C(=O)O)n1. The molecule has 2 N–H and O–H groups in total. The van der Waals surface area contributed by atoms with Gasteiger partial charge in [0.15, 0.2) is 5.69 Å². The number of carboxylic acids is 1. The minimum absolute atomic E-state index is 0.0792. The molecule has 0 amide bonds. The summed E-state index contributed by atoms with van der Waals surface area (Å²) in [5.74, 6) is -0.363. The van der Waals surface area contributed by atoms with Crippen molar-refractivity contribution in [1.82, 2.24) is 4.98 Å². The number of aromatic nitrogens is 1. The molecule has 0 aliphatic heterocycles. The van der Waals surface area contributed by atoms with Crippen LogP contribution < -0.4 is 5.32 Å². The molecule has 1 aromatic heterocycles. The predicted octanol–water partition coefficient (Wildman–Crippen LogP) is 2.38. The van der Waals surface area contributed by atoms with E-state index in [-0.39, 0.29) is 5.69 Å². The van der Waals surface area contributed by atoms with Crippen molar-refractivity contribution in [2.24, 2.45) is 0 Å². The third-order valence-corrected chi connectivity index (χ3v) is 2.05. The average Bonchev–Trinajstić information content (AvgIpc) is 2.25. The lowest BCUT2D eigenvalue weighted by atomic mass is 10.2. The Morgan fingerprint density at radius 2 is 2.27 bits per heavy atom. The summed E-state index contributed by atoms with van der Waals surface area (Å²) in [6, 6.07) is 4.95. The molecule has 1 heterocycles. The zero-order valence-corrected chi connectivity index (χ0v) is 8.86. The summed E-state index contributed by atoms with van der Waals surface area (Å²) in [7, 11) is 0. The molecule has 4 heteroatoms. The first-order valence-corrected chi connectivity index (χ1v) is 5.18. The van der Waals surface area contributed by atoms with E-state index >= 15 is 0 Å². The van der Waals surface area contributed by atoms with Crippen molar-refractivity contribution >= 4 is 11.8 Å². The molecule has 0 radical (unpaired) electrons. The lowest BCUT2D eigenvalue weighted by molar-refractivity contribution is 0.0690. The van der Waals surface area contributed by atoms with Gasteiger partial charge >= 0.3 is 5.97 Å². The summed E-state index contributed by atoms with van der Waals surface area (Å²) in [5, 5.41) is 11.8. The standard InChI is InChI=1S/C11H16N2O2/c1-2-3-4-8-12-10-7-5-6-9(13-10)11(14)15/h5-7H,2-4,8H2,1H3,(H,12,13)(H,14,15). The number of aromatic carboxylic acids is 1. The Labute approximate surface area is 89.3 Å². The van der Waals surface area contributed by atoms with E-state index in [1.807, 2.05) is 0 Å². The molecule has 1 rings (SSSR count). The van der Waals surface area contributed by atoms with Crippen LogP contribution in [0.3, 0.4) is 0 Å². The van der Waals surface area contributed by atoms with Gasteiger partial charge in [-0.05, 0) is 18.6 Å². The highest BCUT2D eigenvalue weighted by atomic mass is 16.4. The Morgan fingerprint density at radius 1 is 1.47 bits per heavy atom. The second kappa shape index (κ2) is 6.01. The summed E-state index contributed by atoms with van der Waals surface area (Å²) < 4.78 is 0. The number of nitrogens with zero attached hydrogens (tertiary/aromatic N) is 1. The molecule has 0 aliphatic carbocycles. The van der Waals surface area contributed by atoms with Gasteiger partial charge in [-0.15, -0.1) is 0 Å². The molecule has 0 aromatic carbocycles. The fraction of sp³-hybridized carbons (Fsp3) is 0.455. The summed E-state index contributed by atoms with van der Waals surface area (Å²) in [5.41, 5.74) is 0.0792. The van der Waals surface area contributed by atoms with Crippen molar-refractivity contribution in [1.29, 1.82) is 0 Å². The van der Waals surface area contributed by atoms with Crippen molar-refractivity contribution in [2.75, 3.05) is 11.9 Å². The van der Waals surface area contributed by atoms with Gasteiger partial charge in [-0.1, -0.05) is 25.8 Å². The van der Waals surface area contributed by atoms with Crippen LogP contribution in [-0.2, 0) is 0 Å². The van der Waals surface area contributed by atoms with Crippen LogP contribution in [0.25, 0.3) is 0 Å². The van der Waals surface area contributed by atoms with Gasteiger partial charge in [0.1, 0.15) is 5.82 Å². The highest BCUT2D eigenvalue weighted by molar-refractivity contribution is 5.85. The molecule has 82 valence electrons. The number of pyridine rings is 1.